The fourth-order valence-corrected chi connectivity index (χ4v) is 6.57. The van der Waals surface area contributed by atoms with Crippen molar-refractivity contribution in [1.29, 1.82) is 0 Å². The van der Waals surface area contributed by atoms with E-state index in [4.69, 9.17) is 4.74 Å². The molecule has 0 spiro atoms. The highest BCUT2D eigenvalue weighted by Gasteiger charge is 2.52. The monoisotopic (exact) mass is 497 g/mol. The third kappa shape index (κ3) is 4.82. The van der Waals surface area contributed by atoms with E-state index in [1.54, 1.807) is 5.56 Å². The van der Waals surface area contributed by atoms with Gasteiger partial charge in [-0.15, -0.1) is 0 Å². The summed E-state index contributed by atoms with van der Waals surface area (Å²) in [7, 11) is 2.44. The SMILES string of the molecule is C[N+]1(Cc2ccc(C3CCCCC3)cc2)C2CCC1CC(OC(=O)c1ccccc1)C2.[Br-]. The number of hydrogen-bond acceptors (Lipinski definition) is 2. The maximum Gasteiger partial charge on any atom is 0.338 e. The highest BCUT2D eigenvalue weighted by atomic mass is 79.9. The Bertz CT molecular complexity index is 877. The van der Waals surface area contributed by atoms with Crippen molar-refractivity contribution >= 4 is 5.97 Å². The van der Waals surface area contributed by atoms with Gasteiger partial charge in [-0.2, -0.15) is 0 Å². The van der Waals surface area contributed by atoms with Crippen molar-refractivity contribution in [2.45, 2.75) is 88.4 Å². The van der Waals surface area contributed by atoms with Crippen LogP contribution in [0.25, 0.3) is 0 Å². The summed E-state index contributed by atoms with van der Waals surface area (Å²) in [6, 6.07) is 20.2. The van der Waals surface area contributed by atoms with Crippen LogP contribution in [0.3, 0.4) is 0 Å². The van der Waals surface area contributed by atoms with Crippen molar-refractivity contribution in [2.24, 2.45) is 0 Å². The van der Waals surface area contributed by atoms with Crippen molar-refractivity contribution in [3.63, 3.8) is 0 Å². The van der Waals surface area contributed by atoms with E-state index >= 15 is 0 Å². The van der Waals surface area contributed by atoms with Crippen molar-refractivity contribution < 1.29 is 31.0 Å². The zero-order valence-electron chi connectivity index (χ0n) is 19.2. The zero-order valence-corrected chi connectivity index (χ0v) is 20.8. The molecule has 2 saturated heterocycles. The summed E-state index contributed by atoms with van der Waals surface area (Å²) in [6.07, 6.45) is 11.5. The molecular formula is C28H36BrNO2. The van der Waals surface area contributed by atoms with Gasteiger partial charge in [0, 0.05) is 31.2 Å². The van der Waals surface area contributed by atoms with Crippen LogP contribution < -0.4 is 17.0 Å². The highest BCUT2D eigenvalue weighted by Crippen LogP contribution is 2.44. The van der Waals surface area contributed by atoms with E-state index in [1.165, 1.54) is 50.5 Å². The molecule has 2 unspecified atom stereocenters. The zero-order chi connectivity index (χ0) is 21.3. The molecule has 3 aliphatic rings. The molecule has 3 fully saturated rings. The van der Waals surface area contributed by atoms with Crippen LogP contribution in [-0.2, 0) is 11.3 Å². The minimum absolute atomic E-state index is 0. The Balaban J connectivity index is 0.00000245. The first kappa shape index (κ1) is 23.5. The molecule has 1 aliphatic carbocycles. The maximum atomic E-state index is 12.5. The molecule has 5 rings (SSSR count). The molecule has 2 aromatic rings. The minimum atomic E-state index is -0.167. The fourth-order valence-electron chi connectivity index (χ4n) is 6.57. The van der Waals surface area contributed by atoms with Crippen LogP contribution in [0.5, 0.6) is 0 Å². The number of fused-ring (bicyclic) bond motifs is 2. The molecule has 4 heteroatoms. The lowest BCUT2D eigenvalue weighted by Gasteiger charge is -2.47. The lowest BCUT2D eigenvalue weighted by atomic mass is 9.84. The maximum absolute atomic E-state index is 12.5. The van der Waals surface area contributed by atoms with Gasteiger partial charge in [-0.05, 0) is 36.5 Å². The lowest BCUT2D eigenvalue weighted by Crippen LogP contribution is -3.00. The molecule has 2 heterocycles. The predicted octanol–water partition coefficient (Wildman–Crippen LogP) is 3.24. The molecule has 0 radical (unpaired) electrons. The third-order valence-electron chi connectivity index (χ3n) is 8.43. The normalized spacial score (nSPS) is 29.8. The number of benzene rings is 2. The number of halogens is 1. The largest absolute Gasteiger partial charge is 1.00 e. The second-order valence-corrected chi connectivity index (χ2v) is 10.3. The number of ether oxygens (including phenoxy) is 1. The van der Waals surface area contributed by atoms with Gasteiger partial charge in [-0.3, -0.25) is 0 Å². The first-order chi connectivity index (χ1) is 15.1. The van der Waals surface area contributed by atoms with Gasteiger partial charge in [0.25, 0.3) is 0 Å². The Hall–Kier alpha value is -1.65. The average Bonchev–Trinajstić information content (AvgIpc) is 2.97. The van der Waals surface area contributed by atoms with Crippen LogP contribution in [-0.4, -0.2) is 35.7 Å². The molecule has 0 amide bonds. The van der Waals surface area contributed by atoms with Gasteiger partial charge in [-0.1, -0.05) is 61.7 Å². The van der Waals surface area contributed by atoms with Crippen molar-refractivity contribution in [2.75, 3.05) is 7.05 Å². The Morgan fingerprint density at radius 3 is 2.12 bits per heavy atom. The highest BCUT2D eigenvalue weighted by molar-refractivity contribution is 5.89. The number of rotatable bonds is 5. The summed E-state index contributed by atoms with van der Waals surface area (Å²) in [5.41, 5.74) is 3.66. The van der Waals surface area contributed by atoms with Gasteiger partial charge in [0.1, 0.15) is 12.6 Å². The fraction of sp³-hybridized carbons (Fsp3) is 0.536. The quantitative estimate of drug-likeness (QED) is 0.468. The summed E-state index contributed by atoms with van der Waals surface area (Å²) in [6.45, 7) is 1.10. The molecule has 0 aromatic heterocycles. The van der Waals surface area contributed by atoms with Crippen molar-refractivity contribution in [1.82, 2.24) is 0 Å². The summed E-state index contributed by atoms with van der Waals surface area (Å²) >= 11 is 0. The van der Waals surface area contributed by atoms with Gasteiger partial charge in [0.2, 0.25) is 0 Å². The molecule has 32 heavy (non-hydrogen) atoms. The van der Waals surface area contributed by atoms with Gasteiger partial charge in [0.15, 0.2) is 0 Å². The van der Waals surface area contributed by atoms with Crippen molar-refractivity contribution in [3.8, 4) is 0 Å². The van der Waals surface area contributed by atoms with Crippen LogP contribution >= 0.6 is 0 Å². The predicted molar refractivity (Wildman–Crippen MR) is 124 cm³/mol. The summed E-state index contributed by atoms with van der Waals surface area (Å²) in [5, 5.41) is 0. The summed E-state index contributed by atoms with van der Waals surface area (Å²) in [4.78, 5) is 12.5. The summed E-state index contributed by atoms with van der Waals surface area (Å²) < 4.78 is 7.05. The number of piperidine rings is 1. The van der Waals surface area contributed by atoms with E-state index in [-0.39, 0.29) is 29.1 Å². The molecule has 0 N–H and O–H groups in total. The Kier molecular flexibility index (Phi) is 7.41. The number of carbonyl (C=O) groups excluding carboxylic acids is 1. The number of esters is 1. The van der Waals surface area contributed by atoms with Crippen molar-refractivity contribution in [3.05, 3.63) is 71.3 Å². The van der Waals surface area contributed by atoms with E-state index in [1.807, 2.05) is 30.3 Å². The standard InChI is InChI=1S/C28H36NO2.BrH/c1-29(20-21-12-14-23(15-13-21)22-8-4-2-5-9-22)25-16-17-26(29)19-27(18-25)31-28(30)24-10-6-3-7-11-24;/h3,6-7,10-15,22,25-27H,2,4-5,8-9,16-20H2,1H3;1H/q+1;/p-1. The van der Waals surface area contributed by atoms with Gasteiger partial charge in [0.05, 0.1) is 24.7 Å². The molecule has 2 aromatic carbocycles. The average molecular weight is 499 g/mol. The molecule has 2 atom stereocenters. The van der Waals surface area contributed by atoms with E-state index in [2.05, 4.69) is 31.3 Å². The number of carbonyl (C=O) groups is 1. The first-order valence-electron chi connectivity index (χ1n) is 12.3. The van der Waals surface area contributed by atoms with Crippen LogP contribution in [0.1, 0.15) is 85.2 Å². The Morgan fingerprint density at radius 1 is 0.875 bits per heavy atom. The van der Waals surface area contributed by atoms with E-state index in [0.29, 0.717) is 17.6 Å². The Labute approximate surface area is 203 Å². The Morgan fingerprint density at radius 2 is 1.50 bits per heavy atom. The van der Waals surface area contributed by atoms with Crippen LogP contribution in [0.2, 0.25) is 0 Å². The number of nitrogens with zero attached hydrogens (tertiary/aromatic N) is 1. The minimum Gasteiger partial charge on any atom is -1.00 e. The number of hydrogen-bond donors (Lipinski definition) is 0. The summed E-state index contributed by atoms with van der Waals surface area (Å²) in [5.74, 6) is 0.609. The van der Waals surface area contributed by atoms with Crippen LogP contribution in [0.4, 0.5) is 0 Å². The second-order valence-electron chi connectivity index (χ2n) is 10.3. The van der Waals surface area contributed by atoms with E-state index < -0.39 is 0 Å². The number of quaternary nitrogens is 1. The van der Waals surface area contributed by atoms with E-state index in [9.17, 15) is 4.79 Å². The second kappa shape index (κ2) is 10.1. The smallest absolute Gasteiger partial charge is 0.338 e. The topological polar surface area (TPSA) is 26.3 Å². The van der Waals surface area contributed by atoms with Crippen LogP contribution in [0.15, 0.2) is 54.6 Å². The molecular weight excluding hydrogens is 462 g/mol. The molecule has 1 saturated carbocycles. The van der Waals surface area contributed by atoms with Crippen LogP contribution in [0, 0.1) is 0 Å². The lowest BCUT2D eigenvalue weighted by molar-refractivity contribution is -0.961. The first-order valence-corrected chi connectivity index (χ1v) is 12.3. The molecule has 172 valence electrons. The molecule has 2 bridgehead atoms. The van der Waals surface area contributed by atoms with E-state index in [0.717, 1.165) is 29.8 Å². The molecule has 3 nitrogen and oxygen atoms in total. The van der Waals surface area contributed by atoms with Gasteiger partial charge < -0.3 is 26.2 Å². The molecule has 2 aliphatic heterocycles. The van der Waals surface area contributed by atoms with Gasteiger partial charge in [-0.25, -0.2) is 4.79 Å². The third-order valence-corrected chi connectivity index (χ3v) is 8.43. The van der Waals surface area contributed by atoms with Gasteiger partial charge >= 0.3 is 5.97 Å².